The van der Waals surface area contributed by atoms with Crippen LogP contribution in [-0.2, 0) is 13.7 Å². The van der Waals surface area contributed by atoms with Gasteiger partial charge in [0.25, 0.3) is 5.56 Å². The normalized spacial score (nSPS) is 18.0. The third-order valence-corrected chi connectivity index (χ3v) is 6.42. The molecular weight excluding hydrogens is 421 g/mol. The van der Waals surface area contributed by atoms with Gasteiger partial charge < -0.3 is 14.4 Å². The molecule has 0 amide bonds. The molecule has 2 heterocycles. The zero-order chi connectivity index (χ0) is 23.3. The summed E-state index contributed by atoms with van der Waals surface area (Å²) in [4.78, 5) is 17.6. The number of rotatable bonds is 6. The summed E-state index contributed by atoms with van der Waals surface area (Å²) < 4.78 is 22.4. The van der Waals surface area contributed by atoms with Crippen molar-refractivity contribution in [2.75, 3.05) is 0 Å². The summed E-state index contributed by atoms with van der Waals surface area (Å²) in [5, 5.41) is 10.3. The number of halogens is 1. The molecule has 0 radical (unpaired) electrons. The van der Waals surface area contributed by atoms with E-state index >= 15 is 0 Å². The van der Waals surface area contributed by atoms with Gasteiger partial charge in [-0.3, -0.25) is 9.36 Å². The van der Waals surface area contributed by atoms with Crippen molar-refractivity contribution >= 4 is 11.0 Å². The molecule has 1 aliphatic carbocycles. The maximum atomic E-state index is 13.0. The lowest BCUT2D eigenvalue weighted by atomic mass is 10.0. The van der Waals surface area contributed by atoms with Gasteiger partial charge in [0.15, 0.2) is 0 Å². The van der Waals surface area contributed by atoms with Crippen LogP contribution in [0.2, 0.25) is 0 Å². The van der Waals surface area contributed by atoms with Crippen molar-refractivity contribution < 1.29 is 14.2 Å². The first-order valence-electron chi connectivity index (χ1n) is 11.0. The second-order valence-electron chi connectivity index (χ2n) is 9.29. The lowest BCUT2D eigenvalue weighted by molar-refractivity contribution is 0.0542. The molecule has 5 rings (SSSR count). The number of hydrogen-bond donors (Lipinski definition) is 1. The van der Waals surface area contributed by atoms with E-state index in [0.29, 0.717) is 5.75 Å². The van der Waals surface area contributed by atoms with Crippen LogP contribution >= 0.6 is 0 Å². The Morgan fingerprint density at radius 3 is 2.58 bits per heavy atom. The average molecular weight is 448 g/mol. The van der Waals surface area contributed by atoms with E-state index in [9.17, 15) is 14.3 Å². The van der Waals surface area contributed by atoms with Crippen LogP contribution in [0, 0.1) is 11.7 Å². The highest BCUT2D eigenvalue weighted by Crippen LogP contribution is 2.53. The first-order valence-corrected chi connectivity index (χ1v) is 11.0. The molecule has 0 spiro atoms. The van der Waals surface area contributed by atoms with Crippen LogP contribution in [0.1, 0.15) is 37.6 Å². The highest BCUT2D eigenvalue weighted by atomic mass is 19.1. The lowest BCUT2D eigenvalue weighted by Crippen LogP contribution is -2.22. The van der Waals surface area contributed by atoms with E-state index in [0.717, 1.165) is 34.5 Å². The summed E-state index contributed by atoms with van der Waals surface area (Å²) in [6.07, 6.45) is 2.61. The lowest BCUT2D eigenvalue weighted by Gasteiger charge is -2.16. The second kappa shape index (κ2) is 7.85. The third kappa shape index (κ3) is 4.16. The van der Waals surface area contributed by atoms with Gasteiger partial charge in [-0.1, -0.05) is 12.1 Å². The number of hydrogen-bond acceptors (Lipinski definition) is 4. The molecule has 33 heavy (non-hydrogen) atoms. The molecule has 4 aromatic rings. The quantitative estimate of drug-likeness (QED) is 0.478. The number of pyridine rings is 1. The molecule has 1 N–H and O–H groups in total. The van der Waals surface area contributed by atoms with Crippen molar-refractivity contribution in [3.05, 3.63) is 88.4 Å². The molecule has 1 saturated carbocycles. The molecule has 170 valence electrons. The van der Waals surface area contributed by atoms with Gasteiger partial charge in [0, 0.05) is 25.2 Å². The molecule has 1 aliphatic rings. The summed E-state index contributed by atoms with van der Waals surface area (Å²) in [5.74, 6) is 1.57. The topological polar surface area (TPSA) is 69.3 Å². The summed E-state index contributed by atoms with van der Waals surface area (Å²) in [5.41, 5.74) is 2.43. The fraction of sp³-hybridized carbons (Fsp3) is 0.308. The van der Waals surface area contributed by atoms with Crippen molar-refractivity contribution in [2.45, 2.75) is 38.4 Å². The van der Waals surface area contributed by atoms with Crippen LogP contribution in [0.3, 0.4) is 0 Å². The Kier molecular flexibility index (Phi) is 5.09. The van der Waals surface area contributed by atoms with Crippen LogP contribution in [0.15, 0.2) is 65.6 Å². The minimum Gasteiger partial charge on any atom is -0.489 e. The smallest absolute Gasteiger partial charge is 0.258 e. The molecule has 0 saturated heterocycles. The van der Waals surface area contributed by atoms with Crippen molar-refractivity contribution in [1.29, 1.82) is 0 Å². The number of aryl methyl sites for hydroxylation is 1. The van der Waals surface area contributed by atoms with E-state index in [2.05, 4.69) is 4.57 Å². The van der Waals surface area contributed by atoms with Crippen molar-refractivity contribution in [3.63, 3.8) is 0 Å². The van der Waals surface area contributed by atoms with Crippen LogP contribution in [0.25, 0.3) is 16.7 Å². The van der Waals surface area contributed by atoms with Gasteiger partial charge in [-0.15, -0.1) is 0 Å². The SMILES string of the molecule is Cn1c(C2CC2C(C)(C)O)nc2ccc(-n3ccc(OCc4ccc(F)cc4)cc3=O)cc21. The monoisotopic (exact) mass is 447 g/mol. The molecule has 2 atom stereocenters. The number of aromatic nitrogens is 3. The highest BCUT2D eigenvalue weighted by molar-refractivity contribution is 5.78. The molecule has 7 heteroatoms. The predicted octanol–water partition coefficient (Wildman–Crippen LogP) is 4.32. The Morgan fingerprint density at radius 2 is 1.91 bits per heavy atom. The number of nitrogens with zero attached hydrogens (tertiary/aromatic N) is 3. The van der Waals surface area contributed by atoms with E-state index in [4.69, 9.17) is 9.72 Å². The van der Waals surface area contributed by atoms with Gasteiger partial charge in [0.1, 0.15) is 24.0 Å². The molecule has 1 fully saturated rings. The summed E-state index contributed by atoms with van der Waals surface area (Å²) in [6.45, 7) is 3.94. The zero-order valence-electron chi connectivity index (χ0n) is 18.8. The summed E-state index contributed by atoms with van der Waals surface area (Å²) >= 11 is 0. The fourth-order valence-corrected chi connectivity index (χ4v) is 4.45. The predicted molar refractivity (Wildman–Crippen MR) is 124 cm³/mol. The Hall–Kier alpha value is -3.45. The van der Waals surface area contributed by atoms with Crippen molar-refractivity contribution in [2.24, 2.45) is 13.0 Å². The standard InChI is InChI=1S/C26H26FN3O3/c1-26(2,32)21-14-20(21)25-28-22-9-8-18(12-23(22)29(25)3)30-11-10-19(13-24(30)31)33-15-16-4-6-17(27)7-5-16/h4-13,20-21,32H,14-15H2,1-3H3. The Labute approximate surface area is 190 Å². The van der Waals surface area contributed by atoms with Gasteiger partial charge in [-0.2, -0.15) is 0 Å². The van der Waals surface area contributed by atoms with E-state index in [1.165, 1.54) is 18.2 Å². The third-order valence-electron chi connectivity index (χ3n) is 6.42. The number of imidazole rings is 1. The summed E-state index contributed by atoms with van der Waals surface area (Å²) in [6, 6.07) is 15.0. The van der Waals surface area contributed by atoms with Gasteiger partial charge in [0.05, 0.1) is 22.3 Å². The van der Waals surface area contributed by atoms with Gasteiger partial charge >= 0.3 is 0 Å². The molecule has 2 aromatic heterocycles. The number of aliphatic hydroxyl groups is 1. The van der Waals surface area contributed by atoms with Crippen LogP contribution in [0.5, 0.6) is 5.75 Å². The first kappa shape index (κ1) is 21.4. The minimum atomic E-state index is -0.720. The summed E-state index contributed by atoms with van der Waals surface area (Å²) in [7, 11) is 1.98. The van der Waals surface area contributed by atoms with Gasteiger partial charge in [0.2, 0.25) is 0 Å². The van der Waals surface area contributed by atoms with Crippen LogP contribution in [0.4, 0.5) is 4.39 Å². The van der Waals surface area contributed by atoms with Crippen LogP contribution < -0.4 is 10.3 Å². The largest absolute Gasteiger partial charge is 0.489 e. The number of benzene rings is 2. The van der Waals surface area contributed by atoms with Crippen molar-refractivity contribution in [3.8, 4) is 11.4 Å². The number of fused-ring (bicyclic) bond motifs is 1. The van der Waals surface area contributed by atoms with Crippen LogP contribution in [-0.4, -0.2) is 24.8 Å². The Morgan fingerprint density at radius 1 is 1.15 bits per heavy atom. The number of ether oxygens (including phenoxy) is 1. The second-order valence-corrected chi connectivity index (χ2v) is 9.29. The molecule has 2 aromatic carbocycles. The van der Waals surface area contributed by atoms with Gasteiger partial charge in [-0.25, -0.2) is 9.37 Å². The Balaban J connectivity index is 1.38. The molecule has 2 unspecified atom stereocenters. The van der Waals surface area contributed by atoms with Crippen molar-refractivity contribution in [1.82, 2.24) is 14.1 Å². The zero-order valence-corrected chi connectivity index (χ0v) is 18.8. The minimum absolute atomic E-state index is 0.206. The molecule has 0 bridgehead atoms. The van der Waals surface area contributed by atoms with E-state index in [1.807, 2.05) is 39.1 Å². The van der Waals surface area contributed by atoms with E-state index < -0.39 is 5.60 Å². The van der Waals surface area contributed by atoms with E-state index in [-0.39, 0.29) is 29.8 Å². The maximum absolute atomic E-state index is 13.0. The maximum Gasteiger partial charge on any atom is 0.258 e. The van der Waals surface area contributed by atoms with Gasteiger partial charge in [-0.05, 0) is 68.1 Å². The molecule has 6 nitrogen and oxygen atoms in total. The molecular formula is C26H26FN3O3. The van der Waals surface area contributed by atoms with E-state index in [1.54, 1.807) is 29.0 Å². The highest BCUT2D eigenvalue weighted by Gasteiger charge is 2.49. The first-order chi connectivity index (χ1) is 15.7. The fourth-order valence-electron chi connectivity index (χ4n) is 4.45. The Bertz CT molecular complexity index is 1380. The molecule has 0 aliphatic heterocycles. The average Bonchev–Trinajstić information content (AvgIpc) is 3.52.